The van der Waals surface area contributed by atoms with Crippen LogP contribution in [0, 0.1) is 0 Å². The second kappa shape index (κ2) is 6.52. The average Bonchev–Trinajstić information content (AvgIpc) is 2.48. The van der Waals surface area contributed by atoms with Gasteiger partial charge in [0.05, 0.1) is 10.5 Å². The maximum absolute atomic E-state index is 12.5. The number of hydrogen-bond donors (Lipinski definition) is 2. The fourth-order valence-corrected chi connectivity index (χ4v) is 2.92. The topological polar surface area (TPSA) is 75.3 Å². The second-order valence-electron chi connectivity index (χ2n) is 4.89. The van der Waals surface area contributed by atoms with Crippen molar-refractivity contribution < 1.29 is 26.4 Å². The highest BCUT2D eigenvalue weighted by atomic mass is 32.2. The molecule has 0 aliphatic rings. The van der Waals surface area contributed by atoms with Gasteiger partial charge in [-0.3, -0.25) is 9.52 Å². The van der Waals surface area contributed by atoms with Crippen LogP contribution in [0.15, 0.2) is 53.4 Å². The summed E-state index contributed by atoms with van der Waals surface area (Å²) in [5.41, 5.74) is -0.231. The molecule has 0 saturated carbocycles. The molecule has 0 saturated heterocycles. The van der Waals surface area contributed by atoms with E-state index in [1.165, 1.54) is 31.2 Å². The first-order chi connectivity index (χ1) is 11.1. The Hall–Kier alpha value is -2.55. The summed E-state index contributed by atoms with van der Waals surface area (Å²) in [5, 5.41) is 2.52. The molecule has 0 aliphatic heterocycles. The van der Waals surface area contributed by atoms with Crippen molar-refractivity contribution in [3.05, 3.63) is 54.1 Å². The summed E-state index contributed by atoms with van der Waals surface area (Å²) in [4.78, 5) is 10.6. The Morgan fingerprint density at radius 2 is 1.42 bits per heavy atom. The van der Waals surface area contributed by atoms with Gasteiger partial charge in [-0.05, 0) is 48.5 Å². The predicted octanol–water partition coefficient (Wildman–Crippen LogP) is 3.46. The van der Waals surface area contributed by atoms with Crippen LogP contribution in [0.4, 0.5) is 24.5 Å². The molecule has 0 spiro atoms. The van der Waals surface area contributed by atoms with Crippen molar-refractivity contribution in [1.82, 2.24) is 0 Å². The van der Waals surface area contributed by atoms with Crippen molar-refractivity contribution in [3.8, 4) is 0 Å². The fraction of sp³-hybridized carbons (Fsp3) is 0.133. The van der Waals surface area contributed by atoms with Crippen LogP contribution in [0.25, 0.3) is 0 Å². The van der Waals surface area contributed by atoms with Crippen molar-refractivity contribution >= 4 is 27.3 Å². The number of nitrogens with one attached hydrogen (secondary N) is 2. The molecule has 24 heavy (non-hydrogen) atoms. The Morgan fingerprint density at radius 1 is 0.917 bits per heavy atom. The molecule has 9 heteroatoms. The van der Waals surface area contributed by atoms with E-state index in [0.29, 0.717) is 17.8 Å². The molecule has 0 unspecified atom stereocenters. The van der Waals surface area contributed by atoms with Gasteiger partial charge in [0.2, 0.25) is 5.91 Å². The largest absolute Gasteiger partial charge is 0.416 e. The number of carbonyl (C=O) groups is 1. The third kappa shape index (κ3) is 4.48. The van der Waals surface area contributed by atoms with Crippen LogP contribution in [0.5, 0.6) is 0 Å². The number of amides is 1. The van der Waals surface area contributed by atoms with Crippen molar-refractivity contribution in [2.75, 3.05) is 10.0 Å². The molecule has 2 rings (SSSR count). The molecule has 0 aromatic heterocycles. The molecular formula is C15H13F3N2O3S. The Bertz CT molecular complexity index is 830. The van der Waals surface area contributed by atoms with Crippen LogP contribution in [-0.2, 0) is 21.0 Å². The molecule has 0 bridgehead atoms. The van der Waals surface area contributed by atoms with Crippen LogP contribution in [0.1, 0.15) is 12.5 Å². The molecule has 5 nitrogen and oxygen atoms in total. The van der Waals surface area contributed by atoms with E-state index in [-0.39, 0.29) is 16.5 Å². The molecule has 2 aromatic carbocycles. The van der Waals surface area contributed by atoms with Crippen LogP contribution >= 0.6 is 0 Å². The minimum Gasteiger partial charge on any atom is -0.326 e. The van der Waals surface area contributed by atoms with E-state index in [1.54, 1.807) is 0 Å². The molecule has 128 valence electrons. The van der Waals surface area contributed by atoms with Crippen molar-refractivity contribution in [1.29, 1.82) is 0 Å². The predicted molar refractivity (Wildman–Crippen MR) is 83.0 cm³/mol. The Kier molecular flexibility index (Phi) is 4.83. The quantitative estimate of drug-likeness (QED) is 0.879. The summed E-state index contributed by atoms with van der Waals surface area (Å²) in [6.07, 6.45) is -4.53. The third-order valence-electron chi connectivity index (χ3n) is 2.95. The Balaban J connectivity index is 2.17. The van der Waals surface area contributed by atoms with E-state index in [1.807, 2.05) is 0 Å². The summed E-state index contributed by atoms with van der Waals surface area (Å²) in [6, 6.07) is 9.01. The van der Waals surface area contributed by atoms with Crippen LogP contribution < -0.4 is 10.0 Å². The first-order valence-corrected chi connectivity index (χ1v) is 8.14. The summed E-state index contributed by atoms with van der Waals surface area (Å²) in [7, 11) is -4.02. The molecule has 0 radical (unpaired) electrons. The van der Waals surface area contributed by atoms with Gasteiger partial charge >= 0.3 is 6.18 Å². The lowest BCUT2D eigenvalue weighted by atomic mass is 10.2. The molecule has 2 aromatic rings. The van der Waals surface area contributed by atoms with Crippen LogP contribution in [0.2, 0.25) is 0 Å². The van der Waals surface area contributed by atoms with Crippen molar-refractivity contribution in [2.24, 2.45) is 0 Å². The van der Waals surface area contributed by atoms with Crippen LogP contribution in [-0.4, -0.2) is 14.3 Å². The van der Waals surface area contributed by atoms with Gasteiger partial charge in [-0.15, -0.1) is 0 Å². The highest BCUT2D eigenvalue weighted by Crippen LogP contribution is 2.30. The molecular weight excluding hydrogens is 345 g/mol. The van der Waals surface area contributed by atoms with Gasteiger partial charge in [-0.1, -0.05) is 0 Å². The van der Waals surface area contributed by atoms with E-state index in [0.717, 1.165) is 12.1 Å². The van der Waals surface area contributed by atoms with Gasteiger partial charge in [0.15, 0.2) is 0 Å². The van der Waals surface area contributed by atoms with E-state index < -0.39 is 21.8 Å². The normalized spacial score (nSPS) is 11.8. The van der Waals surface area contributed by atoms with Crippen molar-refractivity contribution in [3.63, 3.8) is 0 Å². The van der Waals surface area contributed by atoms with E-state index in [9.17, 15) is 26.4 Å². The molecule has 0 heterocycles. The minimum atomic E-state index is -4.53. The van der Waals surface area contributed by atoms with Gasteiger partial charge in [0.1, 0.15) is 0 Å². The second-order valence-corrected chi connectivity index (χ2v) is 6.57. The number of hydrogen-bond acceptors (Lipinski definition) is 3. The molecule has 0 atom stereocenters. The van der Waals surface area contributed by atoms with Crippen molar-refractivity contribution in [2.45, 2.75) is 18.0 Å². The maximum Gasteiger partial charge on any atom is 0.416 e. The lowest BCUT2D eigenvalue weighted by molar-refractivity contribution is -0.137. The van der Waals surface area contributed by atoms with Gasteiger partial charge in [0.25, 0.3) is 10.0 Å². The standard InChI is InChI=1S/C15H13F3N2O3S/c1-10(21)19-12-4-6-13(7-5-12)20-24(22,23)14-8-2-11(3-9-14)15(16,17)18/h2-9,20H,1H3,(H,19,21). The number of sulfonamides is 1. The fourth-order valence-electron chi connectivity index (χ4n) is 1.86. The van der Waals surface area contributed by atoms with Gasteiger partial charge < -0.3 is 5.32 Å². The molecule has 1 amide bonds. The number of alkyl halides is 3. The van der Waals surface area contributed by atoms with Gasteiger partial charge in [0, 0.05) is 18.3 Å². The van der Waals surface area contributed by atoms with Gasteiger partial charge in [-0.25, -0.2) is 8.42 Å². The summed E-state index contributed by atoms with van der Waals surface area (Å²) in [5.74, 6) is -0.270. The summed E-state index contributed by atoms with van der Waals surface area (Å²) >= 11 is 0. The highest BCUT2D eigenvalue weighted by molar-refractivity contribution is 7.92. The maximum atomic E-state index is 12.5. The SMILES string of the molecule is CC(=O)Nc1ccc(NS(=O)(=O)c2ccc(C(F)(F)F)cc2)cc1. The van der Waals surface area contributed by atoms with Gasteiger partial charge in [-0.2, -0.15) is 13.2 Å². The molecule has 0 fully saturated rings. The number of benzene rings is 2. The van der Waals surface area contributed by atoms with E-state index in [4.69, 9.17) is 0 Å². The zero-order chi connectivity index (χ0) is 18.0. The number of rotatable bonds is 4. The first-order valence-electron chi connectivity index (χ1n) is 6.66. The lowest BCUT2D eigenvalue weighted by Gasteiger charge is -2.11. The van der Waals surface area contributed by atoms with E-state index >= 15 is 0 Å². The lowest BCUT2D eigenvalue weighted by Crippen LogP contribution is -2.14. The highest BCUT2D eigenvalue weighted by Gasteiger charge is 2.30. The summed E-state index contributed by atoms with van der Waals surface area (Å²) < 4.78 is 64.1. The third-order valence-corrected chi connectivity index (χ3v) is 4.35. The van der Waals surface area contributed by atoms with Crippen LogP contribution in [0.3, 0.4) is 0 Å². The van der Waals surface area contributed by atoms with E-state index in [2.05, 4.69) is 10.0 Å². The number of carbonyl (C=O) groups excluding carboxylic acids is 1. The minimum absolute atomic E-state index is 0.212. The Morgan fingerprint density at radius 3 is 1.88 bits per heavy atom. The number of anilines is 2. The monoisotopic (exact) mass is 358 g/mol. The zero-order valence-corrected chi connectivity index (χ0v) is 13.2. The first kappa shape index (κ1) is 17.8. The smallest absolute Gasteiger partial charge is 0.326 e. The summed E-state index contributed by atoms with van der Waals surface area (Å²) in [6.45, 7) is 1.33. The average molecular weight is 358 g/mol. The zero-order valence-electron chi connectivity index (χ0n) is 12.4. The molecule has 0 aliphatic carbocycles. The Labute approximate surface area is 136 Å². The molecule has 2 N–H and O–H groups in total. The number of halogens is 3.